The molecule has 1 amide bonds. The Bertz CT molecular complexity index is 1020. The maximum atomic E-state index is 11.9. The number of hydrogen-bond acceptors (Lipinski definition) is 4. The monoisotopic (exact) mass is 416 g/mol. The molecule has 5 nitrogen and oxygen atoms in total. The van der Waals surface area contributed by atoms with Gasteiger partial charge in [0.2, 0.25) is 5.91 Å². The molecular formula is C21H18Cl2N2O3. The number of aromatic hydroxyl groups is 1. The van der Waals surface area contributed by atoms with E-state index in [4.69, 9.17) is 27.9 Å². The van der Waals surface area contributed by atoms with Crippen LogP contribution >= 0.6 is 23.2 Å². The van der Waals surface area contributed by atoms with Crippen molar-refractivity contribution in [2.24, 2.45) is 5.10 Å². The summed E-state index contributed by atoms with van der Waals surface area (Å²) in [6.45, 7) is 0.336. The smallest absolute Gasteiger partial charge is 0.240 e. The van der Waals surface area contributed by atoms with Gasteiger partial charge in [0.15, 0.2) is 0 Å². The normalized spacial score (nSPS) is 11.1. The number of hydrazone groups is 1. The number of rotatable bonds is 7. The lowest BCUT2D eigenvalue weighted by molar-refractivity contribution is -0.121. The zero-order chi connectivity index (χ0) is 19.9. The number of hydrogen-bond donors (Lipinski definition) is 2. The maximum Gasteiger partial charge on any atom is 0.240 e. The average molecular weight is 417 g/mol. The van der Waals surface area contributed by atoms with E-state index >= 15 is 0 Å². The summed E-state index contributed by atoms with van der Waals surface area (Å²) < 4.78 is 5.54. The highest BCUT2D eigenvalue weighted by atomic mass is 35.5. The minimum Gasteiger partial charge on any atom is -0.507 e. The van der Waals surface area contributed by atoms with Crippen molar-refractivity contribution in [2.45, 2.75) is 12.8 Å². The van der Waals surface area contributed by atoms with Gasteiger partial charge in [0.05, 0.1) is 17.8 Å². The third kappa shape index (κ3) is 5.15. The highest BCUT2D eigenvalue weighted by Crippen LogP contribution is 2.27. The van der Waals surface area contributed by atoms with Crippen LogP contribution in [0.5, 0.6) is 11.5 Å². The van der Waals surface area contributed by atoms with Gasteiger partial charge in [-0.2, -0.15) is 5.10 Å². The number of benzene rings is 3. The molecule has 7 heteroatoms. The van der Waals surface area contributed by atoms with Crippen LogP contribution in [0, 0.1) is 0 Å². The number of nitrogens with zero attached hydrogens (tertiary/aromatic N) is 1. The van der Waals surface area contributed by atoms with Gasteiger partial charge in [0.1, 0.15) is 11.5 Å². The Labute approximate surface area is 172 Å². The van der Waals surface area contributed by atoms with Crippen molar-refractivity contribution < 1.29 is 14.6 Å². The van der Waals surface area contributed by atoms with Gasteiger partial charge >= 0.3 is 0 Å². The first-order chi connectivity index (χ1) is 13.5. The summed E-state index contributed by atoms with van der Waals surface area (Å²) in [5, 5.41) is 16.8. The zero-order valence-electron chi connectivity index (χ0n) is 14.9. The standard InChI is InChI=1S/C21H18Cl2N2O3/c22-15-8-10-20(18(23)12-15)28-11-3-6-21(27)25-24-13-17-16-5-2-1-4-14(16)7-9-19(17)26/h1-2,4-5,7-10,12-13,26H,3,6,11H2,(H,25,27)/b24-13-. The summed E-state index contributed by atoms with van der Waals surface area (Å²) in [6.07, 6.45) is 2.18. The molecule has 0 unspecified atom stereocenters. The Balaban J connectivity index is 1.49. The van der Waals surface area contributed by atoms with Gasteiger partial charge in [-0.3, -0.25) is 4.79 Å². The van der Waals surface area contributed by atoms with Crippen LogP contribution in [0.15, 0.2) is 59.7 Å². The molecule has 0 fully saturated rings. The molecule has 0 atom stereocenters. The maximum absolute atomic E-state index is 11.9. The number of phenolic OH excluding ortho intramolecular Hbond substituents is 1. The predicted octanol–water partition coefficient (Wildman–Crippen LogP) is 5.16. The fourth-order valence-electron chi connectivity index (χ4n) is 2.65. The van der Waals surface area contributed by atoms with E-state index in [9.17, 15) is 9.90 Å². The summed E-state index contributed by atoms with van der Waals surface area (Å²) >= 11 is 11.9. The molecule has 0 heterocycles. The average Bonchev–Trinajstić information content (AvgIpc) is 2.68. The SMILES string of the molecule is O=C(CCCOc1ccc(Cl)cc1Cl)N/N=C\c1c(O)ccc2ccccc12. The predicted molar refractivity (Wildman–Crippen MR) is 113 cm³/mol. The molecule has 0 aliphatic rings. The number of halogens is 2. The molecule has 0 aliphatic heterocycles. The van der Waals surface area contributed by atoms with E-state index in [1.54, 1.807) is 24.3 Å². The van der Waals surface area contributed by atoms with Gasteiger partial charge in [0.25, 0.3) is 0 Å². The minimum absolute atomic E-state index is 0.102. The molecule has 28 heavy (non-hydrogen) atoms. The van der Waals surface area contributed by atoms with Crippen LogP contribution in [-0.2, 0) is 4.79 Å². The van der Waals surface area contributed by atoms with Crippen molar-refractivity contribution in [3.63, 3.8) is 0 Å². The number of ether oxygens (including phenoxy) is 1. The Morgan fingerprint density at radius 3 is 2.79 bits per heavy atom. The Morgan fingerprint density at radius 1 is 1.14 bits per heavy atom. The molecule has 0 saturated carbocycles. The van der Waals surface area contributed by atoms with Gasteiger partial charge in [-0.15, -0.1) is 0 Å². The van der Waals surface area contributed by atoms with Crippen molar-refractivity contribution in [3.8, 4) is 11.5 Å². The van der Waals surface area contributed by atoms with Crippen molar-refractivity contribution in [1.82, 2.24) is 5.43 Å². The molecule has 2 N–H and O–H groups in total. The van der Waals surface area contributed by atoms with Crippen LogP contribution < -0.4 is 10.2 Å². The fraction of sp³-hybridized carbons (Fsp3) is 0.143. The molecule has 3 aromatic carbocycles. The number of phenols is 1. The van der Waals surface area contributed by atoms with Gasteiger partial charge in [-0.25, -0.2) is 5.43 Å². The van der Waals surface area contributed by atoms with E-state index in [-0.39, 0.29) is 18.1 Å². The van der Waals surface area contributed by atoms with E-state index in [2.05, 4.69) is 10.5 Å². The van der Waals surface area contributed by atoms with Crippen molar-refractivity contribution in [1.29, 1.82) is 0 Å². The number of carbonyl (C=O) groups is 1. The Hall–Kier alpha value is -2.76. The molecular weight excluding hydrogens is 399 g/mol. The molecule has 144 valence electrons. The first-order valence-electron chi connectivity index (χ1n) is 8.65. The summed E-state index contributed by atoms with van der Waals surface area (Å²) in [5.74, 6) is 0.377. The molecule has 3 rings (SSSR count). The topological polar surface area (TPSA) is 70.9 Å². The molecule has 0 bridgehead atoms. The van der Waals surface area contributed by atoms with E-state index in [1.165, 1.54) is 6.21 Å². The third-order valence-electron chi connectivity index (χ3n) is 4.03. The second kappa shape index (κ2) is 9.44. The van der Waals surface area contributed by atoms with Crippen molar-refractivity contribution in [2.75, 3.05) is 6.61 Å². The minimum atomic E-state index is -0.248. The first-order valence-corrected chi connectivity index (χ1v) is 9.40. The zero-order valence-corrected chi connectivity index (χ0v) is 16.4. The second-order valence-electron chi connectivity index (χ2n) is 6.04. The van der Waals surface area contributed by atoms with Crippen LogP contribution in [0.25, 0.3) is 10.8 Å². The van der Waals surface area contributed by atoms with E-state index in [0.717, 1.165) is 10.8 Å². The van der Waals surface area contributed by atoms with Crippen LogP contribution in [0.2, 0.25) is 10.0 Å². The van der Waals surface area contributed by atoms with E-state index in [1.807, 2.05) is 30.3 Å². The Morgan fingerprint density at radius 2 is 1.96 bits per heavy atom. The fourth-order valence-corrected chi connectivity index (χ4v) is 3.11. The van der Waals surface area contributed by atoms with Crippen LogP contribution in [-0.4, -0.2) is 23.8 Å². The molecule has 0 aromatic heterocycles. The molecule has 0 radical (unpaired) electrons. The van der Waals surface area contributed by atoms with Crippen molar-refractivity contribution >= 4 is 46.1 Å². The summed E-state index contributed by atoms with van der Waals surface area (Å²) in [6, 6.07) is 16.0. The van der Waals surface area contributed by atoms with Crippen LogP contribution in [0.3, 0.4) is 0 Å². The third-order valence-corrected chi connectivity index (χ3v) is 4.56. The molecule has 0 aliphatic carbocycles. The van der Waals surface area contributed by atoms with Gasteiger partial charge in [0, 0.05) is 17.0 Å². The van der Waals surface area contributed by atoms with E-state index < -0.39 is 0 Å². The summed E-state index contributed by atoms with van der Waals surface area (Å²) in [7, 11) is 0. The molecule has 3 aromatic rings. The largest absolute Gasteiger partial charge is 0.507 e. The molecule has 0 spiro atoms. The lowest BCUT2D eigenvalue weighted by Crippen LogP contribution is -2.18. The number of fused-ring (bicyclic) bond motifs is 1. The first kappa shape index (κ1) is 20.0. The number of carbonyl (C=O) groups excluding carboxylic acids is 1. The lowest BCUT2D eigenvalue weighted by atomic mass is 10.0. The molecule has 0 saturated heterocycles. The van der Waals surface area contributed by atoms with Crippen LogP contribution in [0.1, 0.15) is 18.4 Å². The lowest BCUT2D eigenvalue weighted by Gasteiger charge is -2.08. The summed E-state index contributed by atoms with van der Waals surface area (Å²) in [4.78, 5) is 11.9. The second-order valence-corrected chi connectivity index (χ2v) is 6.88. The summed E-state index contributed by atoms with van der Waals surface area (Å²) in [5.41, 5.74) is 3.02. The highest BCUT2D eigenvalue weighted by Gasteiger charge is 2.06. The highest BCUT2D eigenvalue weighted by molar-refractivity contribution is 6.35. The van der Waals surface area contributed by atoms with Crippen LogP contribution in [0.4, 0.5) is 0 Å². The van der Waals surface area contributed by atoms with Gasteiger partial charge < -0.3 is 9.84 Å². The Kier molecular flexibility index (Phi) is 6.74. The van der Waals surface area contributed by atoms with Gasteiger partial charge in [-0.05, 0) is 41.5 Å². The number of amides is 1. The van der Waals surface area contributed by atoms with Crippen molar-refractivity contribution in [3.05, 3.63) is 70.2 Å². The quantitative estimate of drug-likeness (QED) is 0.317. The number of nitrogens with one attached hydrogen (secondary N) is 1. The van der Waals surface area contributed by atoms with Gasteiger partial charge in [-0.1, -0.05) is 53.5 Å². The van der Waals surface area contributed by atoms with E-state index in [0.29, 0.717) is 34.4 Å².